The van der Waals surface area contributed by atoms with E-state index < -0.39 is 0 Å². The van der Waals surface area contributed by atoms with Crippen molar-refractivity contribution in [2.75, 3.05) is 29.4 Å². The van der Waals surface area contributed by atoms with Crippen molar-refractivity contribution in [3.05, 3.63) is 48.3 Å². The van der Waals surface area contributed by atoms with Crippen LogP contribution in [0, 0.1) is 5.92 Å². The normalized spacial score (nSPS) is 15.3. The maximum Gasteiger partial charge on any atom is 0.261 e. The molecule has 1 amide bonds. The standard InChI is InChI=1S/C19H24N4O/c1-3-23(17-7-5-4-6-8-17)18(24)16-13-20-19(21-14-16)22-11-9-15(2)10-12-22/h4-8,13-15H,3,9-12H2,1-2H3. The first-order valence-corrected chi connectivity index (χ1v) is 8.63. The van der Waals surface area contributed by atoms with Gasteiger partial charge >= 0.3 is 0 Å². The highest BCUT2D eigenvalue weighted by Gasteiger charge is 2.20. The van der Waals surface area contributed by atoms with Crippen LogP contribution in [-0.4, -0.2) is 35.5 Å². The summed E-state index contributed by atoms with van der Waals surface area (Å²) in [7, 11) is 0. The highest BCUT2D eigenvalue weighted by molar-refractivity contribution is 6.05. The van der Waals surface area contributed by atoms with Gasteiger partial charge in [0.1, 0.15) is 0 Å². The van der Waals surface area contributed by atoms with Gasteiger partial charge in [-0.25, -0.2) is 9.97 Å². The van der Waals surface area contributed by atoms with Crippen LogP contribution in [-0.2, 0) is 0 Å². The van der Waals surface area contributed by atoms with Gasteiger partial charge in [0.25, 0.3) is 5.91 Å². The predicted molar refractivity (Wildman–Crippen MR) is 96.4 cm³/mol. The van der Waals surface area contributed by atoms with E-state index in [2.05, 4.69) is 21.8 Å². The number of carbonyl (C=O) groups is 1. The minimum atomic E-state index is -0.0671. The number of amides is 1. The molecule has 1 aliphatic heterocycles. The minimum Gasteiger partial charge on any atom is -0.341 e. The highest BCUT2D eigenvalue weighted by atomic mass is 16.2. The lowest BCUT2D eigenvalue weighted by Gasteiger charge is -2.30. The van der Waals surface area contributed by atoms with Crippen LogP contribution in [0.3, 0.4) is 0 Å². The number of nitrogens with zero attached hydrogens (tertiary/aromatic N) is 4. The molecule has 1 aromatic carbocycles. The average molecular weight is 324 g/mol. The molecule has 0 saturated carbocycles. The molecular weight excluding hydrogens is 300 g/mol. The maximum absolute atomic E-state index is 12.7. The lowest BCUT2D eigenvalue weighted by atomic mass is 10.00. The monoisotopic (exact) mass is 324 g/mol. The minimum absolute atomic E-state index is 0.0671. The van der Waals surface area contributed by atoms with Gasteiger partial charge < -0.3 is 9.80 Å². The molecule has 5 heteroatoms. The fourth-order valence-corrected chi connectivity index (χ4v) is 3.01. The van der Waals surface area contributed by atoms with Gasteiger partial charge in [0.05, 0.1) is 5.56 Å². The van der Waals surface area contributed by atoms with E-state index >= 15 is 0 Å². The number of hydrogen-bond donors (Lipinski definition) is 0. The molecular formula is C19H24N4O. The second-order valence-corrected chi connectivity index (χ2v) is 6.33. The summed E-state index contributed by atoms with van der Waals surface area (Å²) in [6, 6.07) is 9.68. The first-order valence-electron chi connectivity index (χ1n) is 8.63. The van der Waals surface area contributed by atoms with E-state index in [1.807, 2.05) is 37.3 Å². The largest absolute Gasteiger partial charge is 0.341 e. The number of rotatable bonds is 4. The van der Waals surface area contributed by atoms with Gasteiger partial charge in [-0.05, 0) is 37.8 Å². The molecule has 1 aromatic heterocycles. The van der Waals surface area contributed by atoms with Gasteiger partial charge in [-0.1, -0.05) is 25.1 Å². The summed E-state index contributed by atoms with van der Waals surface area (Å²) >= 11 is 0. The zero-order valence-electron chi connectivity index (χ0n) is 14.4. The van der Waals surface area contributed by atoms with Crippen molar-refractivity contribution >= 4 is 17.5 Å². The second-order valence-electron chi connectivity index (χ2n) is 6.33. The molecule has 1 aliphatic rings. The lowest BCUT2D eigenvalue weighted by Crippen LogP contribution is -2.34. The molecule has 3 rings (SSSR count). The molecule has 0 radical (unpaired) electrons. The van der Waals surface area contributed by atoms with E-state index in [4.69, 9.17) is 0 Å². The van der Waals surface area contributed by atoms with E-state index in [1.54, 1.807) is 17.3 Å². The van der Waals surface area contributed by atoms with Crippen LogP contribution in [0.5, 0.6) is 0 Å². The van der Waals surface area contributed by atoms with Gasteiger partial charge in [0.15, 0.2) is 0 Å². The van der Waals surface area contributed by atoms with Crippen LogP contribution < -0.4 is 9.80 Å². The Morgan fingerprint density at radius 3 is 2.38 bits per heavy atom. The van der Waals surface area contributed by atoms with Gasteiger partial charge in [-0.15, -0.1) is 0 Å². The number of anilines is 2. The number of benzene rings is 1. The predicted octanol–water partition coefficient (Wildman–Crippen LogP) is 3.38. The summed E-state index contributed by atoms with van der Waals surface area (Å²) in [4.78, 5) is 25.5. The lowest BCUT2D eigenvalue weighted by molar-refractivity contribution is 0.0987. The Hall–Kier alpha value is -2.43. The van der Waals surface area contributed by atoms with Crippen LogP contribution in [0.25, 0.3) is 0 Å². The van der Waals surface area contributed by atoms with Crippen LogP contribution in [0.2, 0.25) is 0 Å². The van der Waals surface area contributed by atoms with Crippen LogP contribution in [0.1, 0.15) is 37.0 Å². The molecule has 0 N–H and O–H groups in total. The summed E-state index contributed by atoms with van der Waals surface area (Å²) in [6.07, 6.45) is 5.63. The van der Waals surface area contributed by atoms with Crippen molar-refractivity contribution in [1.82, 2.24) is 9.97 Å². The fourth-order valence-electron chi connectivity index (χ4n) is 3.01. The van der Waals surface area contributed by atoms with Crippen LogP contribution in [0.4, 0.5) is 11.6 Å². The summed E-state index contributed by atoms with van der Waals surface area (Å²) in [5, 5.41) is 0. The number of piperidine rings is 1. The molecule has 1 saturated heterocycles. The Morgan fingerprint density at radius 1 is 1.17 bits per heavy atom. The molecule has 0 bridgehead atoms. The van der Waals surface area contributed by atoms with Gasteiger partial charge in [0.2, 0.25) is 5.95 Å². The quantitative estimate of drug-likeness (QED) is 0.865. The number of hydrogen-bond acceptors (Lipinski definition) is 4. The Balaban J connectivity index is 1.73. The third kappa shape index (κ3) is 3.55. The van der Waals surface area contributed by atoms with E-state index in [0.717, 1.165) is 30.6 Å². The molecule has 0 atom stereocenters. The average Bonchev–Trinajstić information content (AvgIpc) is 2.64. The summed E-state index contributed by atoms with van der Waals surface area (Å²) < 4.78 is 0. The van der Waals surface area contributed by atoms with Crippen LogP contribution >= 0.6 is 0 Å². The Bertz CT molecular complexity index is 664. The van der Waals surface area contributed by atoms with Crippen molar-refractivity contribution in [3.8, 4) is 0 Å². The van der Waals surface area contributed by atoms with Crippen molar-refractivity contribution in [2.24, 2.45) is 5.92 Å². The van der Waals surface area contributed by atoms with Gasteiger partial charge in [-0.2, -0.15) is 0 Å². The summed E-state index contributed by atoms with van der Waals surface area (Å²) in [5.41, 5.74) is 1.41. The summed E-state index contributed by atoms with van der Waals surface area (Å²) in [6.45, 7) is 6.83. The summed E-state index contributed by atoms with van der Waals surface area (Å²) in [5.74, 6) is 1.43. The van der Waals surface area contributed by atoms with E-state index in [-0.39, 0.29) is 5.91 Å². The topological polar surface area (TPSA) is 49.3 Å². The van der Waals surface area contributed by atoms with Gasteiger partial charge in [0, 0.05) is 37.7 Å². The first-order chi connectivity index (χ1) is 11.7. The molecule has 126 valence electrons. The zero-order chi connectivity index (χ0) is 16.9. The zero-order valence-corrected chi connectivity index (χ0v) is 14.4. The van der Waals surface area contributed by atoms with Crippen molar-refractivity contribution in [3.63, 3.8) is 0 Å². The molecule has 24 heavy (non-hydrogen) atoms. The molecule has 5 nitrogen and oxygen atoms in total. The number of aromatic nitrogens is 2. The second kappa shape index (κ2) is 7.43. The highest BCUT2D eigenvalue weighted by Crippen LogP contribution is 2.20. The van der Waals surface area contributed by atoms with Crippen molar-refractivity contribution in [1.29, 1.82) is 0 Å². The third-order valence-corrected chi connectivity index (χ3v) is 4.58. The van der Waals surface area contributed by atoms with E-state index in [9.17, 15) is 4.79 Å². The SMILES string of the molecule is CCN(C(=O)c1cnc(N2CCC(C)CC2)nc1)c1ccccc1. The number of para-hydroxylation sites is 1. The van der Waals surface area contributed by atoms with E-state index in [0.29, 0.717) is 12.1 Å². The molecule has 0 unspecified atom stereocenters. The first kappa shape index (κ1) is 16.4. The van der Waals surface area contributed by atoms with Crippen molar-refractivity contribution < 1.29 is 4.79 Å². The maximum atomic E-state index is 12.7. The number of carbonyl (C=O) groups excluding carboxylic acids is 1. The molecule has 0 aliphatic carbocycles. The Morgan fingerprint density at radius 2 is 1.79 bits per heavy atom. The van der Waals surface area contributed by atoms with Crippen molar-refractivity contribution in [2.45, 2.75) is 26.7 Å². The smallest absolute Gasteiger partial charge is 0.261 e. The fraction of sp³-hybridized carbons (Fsp3) is 0.421. The molecule has 2 aromatic rings. The molecule has 2 heterocycles. The van der Waals surface area contributed by atoms with Gasteiger partial charge in [-0.3, -0.25) is 4.79 Å². The Labute approximate surface area is 143 Å². The molecule has 0 spiro atoms. The van der Waals surface area contributed by atoms with Crippen LogP contribution in [0.15, 0.2) is 42.7 Å². The molecule has 1 fully saturated rings. The van der Waals surface area contributed by atoms with E-state index in [1.165, 1.54) is 12.8 Å². The Kier molecular flexibility index (Phi) is 5.08. The third-order valence-electron chi connectivity index (χ3n) is 4.58.